The van der Waals surface area contributed by atoms with Crippen LogP contribution in [0.15, 0.2) is 29.6 Å². The molecule has 1 atom stereocenters. The van der Waals surface area contributed by atoms with E-state index in [0.29, 0.717) is 0 Å². The van der Waals surface area contributed by atoms with Gasteiger partial charge >= 0.3 is 0 Å². The minimum atomic E-state index is -0.674. The summed E-state index contributed by atoms with van der Waals surface area (Å²) in [5.74, 6) is -1.42. The number of hydrogen-bond acceptors (Lipinski definition) is 5. The van der Waals surface area contributed by atoms with Gasteiger partial charge in [-0.15, -0.1) is 11.3 Å². The number of benzene rings is 1. The number of thioether (sulfide) groups is 1. The van der Waals surface area contributed by atoms with E-state index in [1.807, 2.05) is 13.8 Å². The van der Waals surface area contributed by atoms with Crippen LogP contribution in [0.1, 0.15) is 29.0 Å². The van der Waals surface area contributed by atoms with Crippen molar-refractivity contribution in [2.24, 2.45) is 0 Å². The lowest BCUT2D eigenvalue weighted by atomic mass is 10.1. The summed E-state index contributed by atoms with van der Waals surface area (Å²) in [4.78, 5) is 22.9. The van der Waals surface area contributed by atoms with E-state index >= 15 is 0 Å². The third kappa shape index (κ3) is 3.86. The van der Waals surface area contributed by atoms with Crippen molar-refractivity contribution in [2.75, 3.05) is 5.75 Å². The van der Waals surface area contributed by atoms with Crippen LogP contribution in [0.3, 0.4) is 0 Å². The fourth-order valence-electron chi connectivity index (χ4n) is 2.61. The molecule has 0 spiro atoms. The van der Waals surface area contributed by atoms with Crippen LogP contribution in [0, 0.1) is 25.5 Å². The van der Waals surface area contributed by atoms with E-state index < -0.39 is 17.7 Å². The summed E-state index contributed by atoms with van der Waals surface area (Å²) in [6.45, 7) is 5.71. The number of fused-ring (bicyclic) bond motifs is 1. The zero-order valence-electron chi connectivity index (χ0n) is 14.5. The van der Waals surface area contributed by atoms with Crippen molar-refractivity contribution < 1.29 is 13.6 Å². The summed E-state index contributed by atoms with van der Waals surface area (Å²) in [7, 11) is 0. The number of hydrogen-bond donors (Lipinski definition) is 1. The van der Waals surface area contributed by atoms with Crippen LogP contribution in [0.4, 0.5) is 8.78 Å². The van der Waals surface area contributed by atoms with Gasteiger partial charge in [-0.25, -0.2) is 18.7 Å². The molecule has 0 aliphatic heterocycles. The van der Waals surface area contributed by atoms with Crippen LogP contribution in [-0.2, 0) is 4.79 Å². The van der Waals surface area contributed by atoms with Crippen LogP contribution < -0.4 is 5.32 Å². The van der Waals surface area contributed by atoms with Gasteiger partial charge in [0.05, 0.1) is 11.8 Å². The zero-order valence-corrected chi connectivity index (χ0v) is 16.1. The molecule has 0 aliphatic carbocycles. The number of nitrogens with one attached hydrogen (secondary N) is 1. The molecule has 0 radical (unpaired) electrons. The Balaban J connectivity index is 1.68. The Kier molecular flexibility index (Phi) is 5.52. The minimum Gasteiger partial charge on any atom is -0.349 e. The van der Waals surface area contributed by atoms with Gasteiger partial charge in [-0.05, 0) is 32.4 Å². The number of amides is 1. The first-order valence-corrected chi connectivity index (χ1v) is 9.75. The normalized spacial score (nSPS) is 12.3. The van der Waals surface area contributed by atoms with Gasteiger partial charge in [0.2, 0.25) is 5.91 Å². The van der Waals surface area contributed by atoms with E-state index in [-0.39, 0.29) is 17.2 Å². The molecule has 0 bridgehead atoms. The maximum absolute atomic E-state index is 13.8. The molecule has 0 aliphatic rings. The Hall–Kier alpha value is -2.06. The summed E-state index contributed by atoms with van der Waals surface area (Å²) in [6, 6.07) is 2.77. The molecular formula is C18H17F2N3OS2. The first kappa shape index (κ1) is 18.7. The minimum absolute atomic E-state index is 0.146. The van der Waals surface area contributed by atoms with Gasteiger partial charge in [0.15, 0.2) is 0 Å². The summed E-state index contributed by atoms with van der Waals surface area (Å²) < 4.78 is 26.8. The van der Waals surface area contributed by atoms with Gasteiger partial charge < -0.3 is 5.32 Å². The highest BCUT2D eigenvalue weighted by Gasteiger charge is 2.16. The van der Waals surface area contributed by atoms with Crippen molar-refractivity contribution in [3.05, 3.63) is 52.2 Å². The lowest BCUT2D eigenvalue weighted by Gasteiger charge is -2.15. The van der Waals surface area contributed by atoms with E-state index in [1.165, 1.54) is 35.1 Å². The lowest BCUT2D eigenvalue weighted by molar-refractivity contribution is -0.119. The van der Waals surface area contributed by atoms with Crippen molar-refractivity contribution in [2.45, 2.75) is 31.8 Å². The lowest BCUT2D eigenvalue weighted by Crippen LogP contribution is -2.28. The molecule has 136 valence electrons. The summed E-state index contributed by atoms with van der Waals surface area (Å²) in [5, 5.41) is 4.47. The first-order chi connectivity index (χ1) is 12.4. The standard InChI is InChI=1S/C18H17F2N3OS2/c1-9-11(3)26-18-16(9)17(21-8-22-18)25-7-15(24)23-10(2)13-5-4-12(19)6-14(13)20/h4-6,8,10H,7H2,1-3H3,(H,23,24)/t10-/m0/s1. The highest BCUT2D eigenvalue weighted by molar-refractivity contribution is 8.00. The molecule has 0 saturated carbocycles. The summed E-state index contributed by atoms with van der Waals surface area (Å²) in [5.41, 5.74) is 1.37. The third-order valence-electron chi connectivity index (χ3n) is 4.08. The molecule has 2 heterocycles. The topological polar surface area (TPSA) is 54.9 Å². The number of aromatic nitrogens is 2. The van der Waals surface area contributed by atoms with Crippen LogP contribution in [0.5, 0.6) is 0 Å². The van der Waals surface area contributed by atoms with E-state index in [1.54, 1.807) is 18.3 Å². The maximum Gasteiger partial charge on any atom is 0.230 e. The fraction of sp³-hybridized carbons (Fsp3) is 0.278. The van der Waals surface area contributed by atoms with Crippen molar-refractivity contribution in [1.82, 2.24) is 15.3 Å². The quantitative estimate of drug-likeness (QED) is 0.510. The molecular weight excluding hydrogens is 376 g/mol. The van der Waals surface area contributed by atoms with Crippen LogP contribution >= 0.6 is 23.1 Å². The molecule has 8 heteroatoms. The average Bonchev–Trinajstić information content (AvgIpc) is 2.88. The molecule has 2 aromatic heterocycles. The molecule has 1 aromatic carbocycles. The Morgan fingerprint density at radius 2 is 2.08 bits per heavy atom. The average molecular weight is 393 g/mol. The SMILES string of the molecule is Cc1sc2ncnc(SCC(=O)N[C@@H](C)c3ccc(F)cc3F)c2c1C. The molecule has 4 nitrogen and oxygen atoms in total. The number of carbonyl (C=O) groups excluding carboxylic acids is 1. The monoisotopic (exact) mass is 393 g/mol. The number of nitrogens with zero attached hydrogens (tertiary/aromatic N) is 2. The largest absolute Gasteiger partial charge is 0.349 e. The molecule has 0 saturated heterocycles. The second-order valence-electron chi connectivity index (χ2n) is 5.89. The highest BCUT2D eigenvalue weighted by atomic mass is 32.2. The smallest absolute Gasteiger partial charge is 0.230 e. The molecule has 1 amide bonds. The van der Waals surface area contributed by atoms with Gasteiger partial charge in [-0.2, -0.15) is 0 Å². The van der Waals surface area contributed by atoms with Gasteiger partial charge in [0.25, 0.3) is 0 Å². The highest BCUT2D eigenvalue weighted by Crippen LogP contribution is 2.34. The third-order valence-corrected chi connectivity index (χ3v) is 6.18. The second kappa shape index (κ2) is 7.67. The van der Waals surface area contributed by atoms with E-state index in [4.69, 9.17) is 0 Å². The number of aryl methyl sites for hydroxylation is 2. The van der Waals surface area contributed by atoms with Crippen LogP contribution in [0.25, 0.3) is 10.2 Å². The molecule has 0 unspecified atom stereocenters. The number of rotatable bonds is 5. The molecule has 1 N–H and O–H groups in total. The maximum atomic E-state index is 13.8. The fourth-order valence-corrected chi connectivity index (χ4v) is 4.54. The van der Waals surface area contributed by atoms with Crippen molar-refractivity contribution in [1.29, 1.82) is 0 Å². The predicted molar refractivity (Wildman–Crippen MR) is 101 cm³/mol. The molecule has 0 fully saturated rings. The Labute approximate surface area is 158 Å². The van der Waals surface area contributed by atoms with Gasteiger partial charge in [0.1, 0.15) is 27.8 Å². The van der Waals surface area contributed by atoms with Crippen molar-refractivity contribution >= 4 is 39.2 Å². The molecule has 3 rings (SSSR count). The Bertz CT molecular complexity index is 974. The molecule has 3 aromatic rings. The van der Waals surface area contributed by atoms with E-state index in [9.17, 15) is 13.6 Å². The van der Waals surface area contributed by atoms with Gasteiger partial charge in [-0.1, -0.05) is 17.8 Å². The van der Waals surface area contributed by atoms with Gasteiger partial charge in [-0.3, -0.25) is 4.79 Å². The second-order valence-corrected chi connectivity index (χ2v) is 8.05. The van der Waals surface area contributed by atoms with E-state index in [0.717, 1.165) is 26.9 Å². The first-order valence-electron chi connectivity index (χ1n) is 7.94. The zero-order chi connectivity index (χ0) is 18.8. The van der Waals surface area contributed by atoms with Crippen molar-refractivity contribution in [3.63, 3.8) is 0 Å². The van der Waals surface area contributed by atoms with Crippen LogP contribution in [0.2, 0.25) is 0 Å². The number of halogens is 2. The number of carbonyl (C=O) groups is 1. The predicted octanol–water partition coefficient (Wildman–Crippen LogP) is 4.56. The Morgan fingerprint density at radius 1 is 1.31 bits per heavy atom. The molecule has 26 heavy (non-hydrogen) atoms. The summed E-state index contributed by atoms with van der Waals surface area (Å²) in [6.07, 6.45) is 1.49. The summed E-state index contributed by atoms with van der Waals surface area (Å²) >= 11 is 2.92. The van der Waals surface area contributed by atoms with E-state index in [2.05, 4.69) is 15.3 Å². The van der Waals surface area contributed by atoms with Crippen LogP contribution in [-0.4, -0.2) is 21.6 Å². The Morgan fingerprint density at radius 3 is 2.81 bits per heavy atom. The number of thiophene rings is 1. The van der Waals surface area contributed by atoms with Gasteiger partial charge in [0, 0.05) is 21.9 Å². The van der Waals surface area contributed by atoms with Crippen molar-refractivity contribution in [3.8, 4) is 0 Å².